The van der Waals surface area contributed by atoms with Crippen molar-refractivity contribution in [2.75, 3.05) is 13.1 Å². The molecule has 0 radical (unpaired) electrons. The molecule has 12 heavy (non-hydrogen) atoms. The second-order valence-corrected chi connectivity index (χ2v) is 3.99. The second kappa shape index (κ2) is 3.83. The van der Waals surface area contributed by atoms with Gasteiger partial charge in [-0.05, 0) is 17.4 Å². The molecule has 70 valence electrons. The highest BCUT2D eigenvalue weighted by atomic mass is 15.2. The van der Waals surface area contributed by atoms with E-state index in [1.54, 1.807) is 0 Å². The molecular weight excluding hydrogens is 148 g/mol. The fourth-order valence-corrected chi connectivity index (χ4v) is 1.89. The van der Waals surface area contributed by atoms with Crippen LogP contribution in [0.3, 0.4) is 0 Å². The van der Waals surface area contributed by atoms with Crippen LogP contribution >= 0.6 is 0 Å². The van der Waals surface area contributed by atoms with Gasteiger partial charge in [0.2, 0.25) is 0 Å². The zero-order valence-corrected chi connectivity index (χ0v) is 8.57. The highest BCUT2D eigenvalue weighted by Gasteiger charge is 2.16. The van der Waals surface area contributed by atoms with Crippen molar-refractivity contribution in [1.29, 1.82) is 0 Å². The summed E-state index contributed by atoms with van der Waals surface area (Å²) >= 11 is 0. The summed E-state index contributed by atoms with van der Waals surface area (Å²) < 4.78 is 0. The number of rotatable bonds is 2. The summed E-state index contributed by atoms with van der Waals surface area (Å²) in [4.78, 5) is 0. The van der Waals surface area contributed by atoms with Crippen molar-refractivity contribution in [3.8, 4) is 0 Å². The Hall–Kier alpha value is -0.660. The molecule has 1 aliphatic heterocycles. The van der Waals surface area contributed by atoms with Gasteiger partial charge < -0.3 is 10.6 Å². The first kappa shape index (κ1) is 9.43. The Morgan fingerprint density at radius 2 is 1.42 bits per heavy atom. The van der Waals surface area contributed by atoms with Crippen molar-refractivity contribution in [3.63, 3.8) is 0 Å². The minimum Gasteiger partial charge on any atom is -0.370 e. The van der Waals surface area contributed by atoms with E-state index in [9.17, 15) is 0 Å². The Morgan fingerprint density at radius 3 is 1.75 bits per heavy atom. The molecule has 0 aromatic carbocycles. The standard InChI is InChI=1S/C10H20N2/c1-7(2)9(8(3)4)10-11-5-6-12-10/h7-8,11-12H,5-6H2,1-4H3. The van der Waals surface area contributed by atoms with Gasteiger partial charge in [-0.2, -0.15) is 0 Å². The van der Waals surface area contributed by atoms with Crippen LogP contribution in [0.4, 0.5) is 0 Å². The Kier molecular flexibility index (Phi) is 3.01. The molecule has 0 atom stereocenters. The Balaban J connectivity index is 2.81. The van der Waals surface area contributed by atoms with E-state index in [0.29, 0.717) is 11.8 Å². The number of allylic oxidation sites excluding steroid dienone is 1. The second-order valence-electron chi connectivity index (χ2n) is 3.99. The van der Waals surface area contributed by atoms with Gasteiger partial charge in [0.1, 0.15) is 0 Å². The van der Waals surface area contributed by atoms with Gasteiger partial charge in [0, 0.05) is 13.1 Å². The number of hydrogen-bond donors (Lipinski definition) is 2. The lowest BCUT2D eigenvalue weighted by Crippen LogP contribution is -2.19. The van der Waals surface area contributed by atoms with E-state index in [1.807, 2.05) is 0 Å². The minimum atomic E-state index is 0.637. The molecule has 1 rings (SSSR count). The fraction of sp³-hybridized carbons (Fsp3) is 0.800. The average Bonchev–Trinajstić information content (AvgIpc) is 2.37. The van der Waals surface area contributed by atoms with Crippen LogP contribution in [0.15, 0.2) is 11.4 Å². The first-order valence-corrected chi connectivity index (χ1v) is 4.84. The summed E-state index contributed by atoms with van der Waals surface area (Å²) in [6, 6.07) is 0. The molecule has 1 saturated heterocycles. The molecule has 0 spiro atoms. The molecule has 0 amide bonds. The highest BCUT2D eigenvalue weighted by molar-refractivity contribution is 5.17. The van der Waals surface area contributed by atoms with Crippen LogP contribution < -0.4 is 10.6 Å². The molecular formula is C10H20N2. The van der Waals surface area contributed by atoms with E-state index in [1.165, 1.54) is 11.4 Å². The van der Waals surface area contributed by atoms with Gasteiger partial charge in [-0.3, -0.25) is 0 Å². The number of hydrogen-bond acceptors (Lipinski definition) is 2. The van der Waals surface area contributed by atoms with E-state index in [0.717, 1.165) is 13.1 Å². The topological polar surface area (TPSA) is 24.1 Å². The third-order valence-electron chi connectivity index (χ3n) is 2.26. The lowest BCUT2D eigenvalue weighted by molar-refractivity contribution is 0.598. The van der Waals surface area contributed by atoms with Crippen LogP contribution in [0, 0.1) is 11.8 Å². The normalized spacial score (nSPS) is 16.7. The van der Waals surface area contributed by atoms with Crippen LogP contribution in [0.5, 0.6) is 0 Å². The largest absolute Gasteiger partial charge is 0.370 e. The summed E-state index contributed by atoms with van der Waals surface area (Å²) in [7, 11) is 0. The zero-order chi connectivity index (χ0) is 9.14. The molecule has 0 aliphatic carbocycles. The molecule has 1 aliphatic rings. The molecule has 0 aromatic heterocycles. The summed E-state index contributed by atoms with van der Waals surface area (Å²) in [5.41, 5.74) is 1.52. The number of nitrogens with one attached hydrogen (secondary N) is 2. The predicted molar refractivity (Wildman–Crippen MR) is 52.7 cm³/mol. The maximum atomic E-state index is 3.39. The first-order chi connectivity index (χ1) is 5.63. The first-order valence-electron chi connectivity index (χ1n) is 4.84. The van der Waals surface area contributed by atoms with Crippen LogP contribution in [0.1, 0.15) is 27.7 Å². The minimum absolute atomic E-state index is 0.637. The van der Waals surface area contributed by atoms with Gasteiger partial charge in [0.15, 0.2) is 0 Å². The van der Waals surface area contributed by atoms with Gasteiger partial charge in [-0.1, -0.05) is 27.7 Å². The van der Waals surface area contributed by atoms with E-state index in [2.05, 4.69) is 38.3 Å². The third-order valence-corrected chi connectivity index (χ3v) is 2.26. The lowest BCUT2D eigenvalue weighted by Gasteiger charge is -2.18. The monoisotopic (exact) mass is 168 g/mol. The molecule has 0 bridgehead atoms. The van der Waals surface area contributed by atoms with E-state index in [4.69, 9.17) is 0 Å². The Bertz CT molecular complexity index is 162. The maximum absolute atomic E-state index is 3.39. The maximum Gasteiger partial charge on any atom is 0.0984 e. The van der Waals surface area contributed by atoms with Crippen molar-refractivity contribution in [1.82, 2.24) is 10.6 Å². The van der Waals surface area contributed by atoms with Crippen molar-refractivity contribution in [2.45, 2.75) is 27.7 Å². The lowest BCUT2D eigenvalue weighted by atomic mass is 9.92. The summed E-state index contributed by atoms with van der Waals surface area (Å²) in [5, 5.41) is 6.78. The van der Waals surface area contributed by atoms with Crippen molar-refractivity contribution < 1.29 is 0 Å². The molecule has 2 heteroatoms. The zero-order valence-electron chi connectivity index (χ0n) is 8.57. The average molecular weight is 168 g/mol. The van der Waals surface area contributed by atoms with Gasteiger partial charge in [0.05, 0.1) is 5.82 Å². The van der Waals surface area contributed by atoms with Gasteiger partial charge in [-0.25, -0.2) is 0 Å². The summed E-state index contributed by atoms with van der Waals surface area (Å²) in [6.07, 6.45) is 0. The van der Waals surface area contributed by atoms with Gasteiger partial charge in [0.25, 0.3) is 0 Å². The summed E-state index contributed by atoms with van der Waals surface area (Å²) in [5.74, 6) is 2.55. The van der Waals surface area contributed by atoms with Crippen molar-refractivity contribution in [2.24, 2.45) is 11.8 Å². The SMILES string of the molecule is CC(C)C(=C1NCCN1)C(C)C. The molecule has 1 heterocycles. The highest BCUT2D eigenvalue weighted by Crippen LogP contribution is 2.21. The van der Waals surface area contributed by atoms with Crippen LogP contribution in [0.25, 0.3) is 0 Å². The smallest absolute Gasteiger partial charge is 0.0984 e. The summed E-state index contributed by atoms with van der Waals surface area (Å²) in [6.45, 7) is 11.2. The van der Waals surface area contributed by atoms with Crippen LogP contribution in [-0.2, 0) is 0 Å². The molecule has 2 N–H and O–H groups in total. The fourth-order valence-electron chi connectivity index (χ4n) is 1.89. The molecule has 0 saturated carbocycles. The van der Waals surface area contributed by atoms with E-state index in [-0.39, 0.29) is 0 Å². The van der Waals surface area contributed by atoms with Gasteiger partial charge in [-0.15, -0.1) is 0 Å². The molecule has 0 unspecified atom stereocenters. The van der Waals surface area contributed by atoms with Crippen LogP contribution in [0.2, 0.25) is 0 Å². The van der Waals surface area contributed by atoms with E-state index >= 15 is 0 Å². The van der Waals surface area contributed by atoms with Crippen molar-refractivity contribution >= 4 is 0 Å². The quantitative estimate of drug-likeness (QED) is 0.656. The molecule has 1 fully saturated rings. The van der Waals surface area contributed by atoms with Gasteiger partial charge >= 0.3 is 0 Å². The Morgan fingerprint density at radius 1 is 1.00 bits per heavy atom. The van der Waals surface area contributed by atoms with Crippen LogP contribution in [-0.4, -0.2) is 13.1 Å². The Labute approximate surface area is 75.4 Å². The van der Waals surface area contributed by atoms with Crippen molar-refractivity contribution in [3.05, 3.63) is 11.4 Å². The predicted octanol–water partition coefficient (Wildman–Crippen LogP) is 1.70. The van der Waals surface area contributed by atoms with E-state index < -0.39 is 0 Å². The third kappa shape index (κ3) is 1.93. The molecule has 0 aromatic rings. The molecule has 2 nitrogen and oxygen atoms in total.